The van der Waals surface area contributed by atoms with Gasteiger partial charge in [0.2, 0.25) is 5.91 Å². The molecule has 1 fully saturated rings. The van der Waals surface area contributed by atoms with Gasteiger partial charge in [-0.15, -0.1) is 0 Å². The molecule has 4 nitrogen and oxygen atoms in total. The minimum absolute atomic E-state index is 0.206. The number of nitrogens with zero attached hydrogens (tertiary/aromatic N) is 2. The lowest BCUT2D eigenvalue weighted by Gasteiger charge is -2.36. The van der Waals surface area contributed by atoms with E-state index in [1.165, 1.54) is 17.5 Å². The first-order chi connectivity index (χ1) is 11.6. The summed E-state index contributed by atoms with van der Waals surface area (Å²) in [7, 11) is 0. The molecule has 0 saturated carbocycles. The van der Waals surface area contributed by atoms with Crippen molar-refractivity contribution in [3.63, 3.8) is 0 Å². The van der Waals surface area contributed by atoms with E-state index in [0.717, 1.165) is 38.8 Å². The summed E-state index contributed by atoms with van der Waals surface area (Å²) in [5.41, 5.74) is 2.43. The number of carbonyl (C=O) groups is 1. The van der Waals surface area contributed by atoms with Crippen LogP contribution in [0.25, 0.3) is 0 Å². The van der Waals surface area contributed by atoms with Gasteiger partial charge in [-0.1, -0.05) is 43.2 Å². The molecule has 1 saturated heterocycles. The summed E-state index contributed by atoms with van der Waals surface area (Å²) in [6.45, 7) is 7.34. The number of aryl methyl sites for hydroxylation is 1. The summed E-state index contributed by atoms with van der Waals surface area (Å²) in [5, 5.41) is 9.26. The number of carbonyl (C=O) groups excluding carboxylic acids is 1. The van der Waals surface area contributed by atoms with Crippen LogP contribution in [-0.4, -0.2) is 53.1 Å². The quantitative estimate of drug-likeness (QED) is 0.796. The SMILES string of the molecule is CCCN(Cc1ccc(C)cc1)C(=O)CN1CCCCC1CCO. The van der Waals surface area contributed by atoms with Gasteiger partial charge in [0, 0.05) is 25.7 Å². The van der Waals surface area contributed by atoms with E-state index in [0.29, 0.717) is 19.1 Å². The van der Waals surface area contributed by atoms with E-state index in [4.69, 9.17) is 0 Å². The predicted octanol–water partition coefficient (Wildman–Crippen LogP) is 2.97. The van der Waals surface area contributed by atoms with Crippen molar-refractivity contribution in [3.8, 4) is 0 Å². The first-order valence-corrected chi connectivity index (χ1v) is 9.32. The molecule has 0 spiro atoms. The highest BCUT2D eigenvalue weighted by atomic mass is 16.3. The van der Waals surface area contributed by atoms with Gasteiger partial charge in [-0.2, -0.15) is 0 Å². The second-order valence-corrected chi connectivity index (χ2v) is 6.93. The number of likely N-dealkylation sites (tertiary alicyclic amines) is 1. The summed E-state index contributed by atoms with van der Waals surface area (Å²) in [4.78, 5) is 17.1. The highest BCUT2D eigenvalue weighted by molar-refractivity contribution is 5.78. The molecule has 0 bridgehead atoms. The van der Waals surface area contributed by atoms with Crippen LogP contribution in [0.4, 0.5) is 0 Å². The van der Waals surface area contributed by atoms with Crippen molar-refractivity contribution in [1.29, 1.82) is 0 Å². The van der Waals surface area contributed by atoms with Crippen molar-refractivity contribution in [2.24, 2.45) is 0 Å². The first kappa shape index (κ1) is 18.9. The molecule has 1 unspecified atom stereocenters. The van der Waals surface area contributed by atoms with Crippen molar-refractivity contribution in [3.05, 3.63) is 35.4 Å². The van der Waals surface area contributed by atoms with Gasteiger partial charge in [0.1, 0.15) is 0 Å². The summed E-state index contributed by atoms with van der Waals surface area (Å²) in [6.07, 6.45) is 5.20. The maximum Gasteiger partial charge on any atom is 0.237 e. The molecule has 2 rings (SSSR count). The van der Waals surface area contributed by atoms with E-state index < -0.39 is 0 Å². The van der Waals surface area contributed by atoms with E-state index in [2.05, 4.69) is 43.0 Å². The van der Waals surface area contributed by atoms with Gasteiger partial charge in [-0.05, 0) is 44.7 Å². The lowest BCUT2D eigenvalue weighted by Crippen LogP contribution is -2.47. The molecule has 0 radical (unpaired) electrons. The zero-order valence-corrected chi connectivity index (χ0v) is 15.2. The van der Waals surface area contributed by atoms with Crippen LogP contribution < -0.4 is 0 Å². The Morgan fingerprint density at radius 1 is 1.29 bits per heavy atom. The third-order valence-corrected chi connectivity index (χ3v) is 4.89. The van der Waals surface area contributed by atoms with Crippen LogP contribution in [0.1, 0.15) is 50.2 Å². The molecule has 1 heterocycles. The molecular formula is C20H32N2O2. The fourth-order valence-electron chi connectivity index (χ4n) is 3.49. The van der Waals surface area contributed by atoms with Crippen molar-refractivity contribution in [1.82, 2.24) is 9.80 Å². The van der Waals surface area contributed by atoms with Gasteiger partial charge < -0.3 is 10.0 Å². The first-order valence-electron chi connectivity index (χ1n) is 9.32. The van der Waals surface area contributed by atoms with Crippen molar-refractivity contribution >= 4 is 5.91 Å². The van der Waals surface area contributed by atoms with Gasteiger partial charge in [0.05, 0.1) is 6.54 Å². The van der Waals surface area contributed by atoms with Crippen LogP contribution in [0.2, 0.25) is 0 Å². The van der Waals surface area contributed by atoms with Crippen molar-refractivity contribution in [2.45, 2.75) is 58.5 Å². The molecule has 1 atom stereocenters. The molecule has 1 N–H and O–H groups in total. The Balaban J connectivity index is 1.98. The molecule has 1 aliphatic heterocycles. The molecule has 24 heavy (non-hydrogen) atoms. The molecule has 134 valence electrons. The van der Waals surface area contributed by atoms with E-state index >= 15 is 0 Å². The van der Waals surface area contributed by atoms with Crippen molar-refractivity contribution in [2.75, 3.05) is 26.2 Å². The van der Waals surface area contributed by atoms with Crippen LogP contribution >= 0.6 is 0 Å². The standard InChI is InChI=1S/C20H32N2O2/c1-3-12-22(15-18-9-7-17(2)8-10-18)20(24)16-21-13-5-4-6-19(21)11-14-23/h7-10,19,23H,3-6,11-16H2,1-2H3. The number of hydrogen-bond acceptors (Lipinski definition) is 3. The maximum absolute atomic E-state index is 12.8. The number of amides is 1. The molecule has 1 aliphatic rings. The van der Waals surface area contributed by atoms with E-state index in [1.54, 1.807) is 0 Å². The van der Waals surface area contributed by atoms with E-state index in [1.807, 2.05) is 4.90 Å². The van der Waals surface area contributed by atoms with Crippen LogP contribution in [-0.2, 0) is 11.3 Å². The monoisotopic (exact) mass is 332 g/mol. The summed E-state index contributed by atoms with van der Waals surface area (Å²) >= 11 is 0. The van der Waals surface area contributed by atoms with E-state index in [-0.39, 0.29) is 12.5 Å². The van der Waals surface area contributed by atoms with Gasteiger partial charge in [-0.25, -0.2) is 0 Å². The number of rotatable bonds is 8. The topological polar surface area (TPSA) is 43.8 Å². The Morgan fingerprint density at radius 3 is 2.71 bits per heavy atom. The Labute approximate surface area is 146 Å². The predicted molar refractivity (Wildman–Crippen MR) is 97.8 cm³/mol. The lowest BCUT2D eigenvalue weighted by molar-refractivity contribution is -0.134. The van der Waals surface area contributed by atoms with Gasteiger partial charge in [-0.3, -0.25) is 9.69 Å². The second-order valence-electron chi connectivity index (χ2n) is 6.93. The fraction of sp³-hybridized carbons (Fsp3) is 0.650. The zero-order valence-electron chi connectivity index (χ0n) is 15.2. The normalized spacial score (nSPS) is 18.5. The Kier molecular flexibility index (Phi) is 7.73. The Hall–Kier alpha value is -1.39. The largest absolute Gasteiger partial charge is 0.396 e. The fourth-order valence-corrected chi connectivity index (χ4v) is 3.49. The molecule has 1 aromatic carbocycles. The lowest BCUT2D eigenvalue weighted by atomic mass is 9.99. The maximum atomic E-state index is 12.8. The van der Waals surface area contributed by atoms with E-state index in [9.17, 15) is 9.90 Å². The van der Waals surface area contributed by atoms with Gasteiger partial charge in [0.25, 0.3) is 0 Å². The average molecular weight is 332 g/mol. The third kappa shape index (κ3) is 5.60. The van der Waals surface area contributed by atoms with Crippen LogP contribution in [0.15, 0.2) is 24.3 Å². The number of aliphatic hydroxyl groups excluding tert-OH is 1. The summed E-state index contributed by atoms with van der Waals surface area (Å²) in [6, 6.07) is 8.79. The molecule has 1 amide bonds. The number of benzene rings is 1. The van der Waals surface area contributed by atoms with Crippen molar-refractivity contribution < 1.29 is 9.90 Å². The molecule has 0 aromatic heterocycles. The average Bonchev–Trinajstić information content (AvgIpc) is 2.58. The van der Waals surface area contributed by atoms with Gasteiger partial charge in [0.15, 0.2) is 0 Å². The number of hydrogen-bond donors (Lipinski definition) is 1. The minimum atomic E-state index is 0.206. The van der Waals surface area contributed by atoms with Crippen LogP contribution in [0, 0.1) is 6.92 Å². The molecular weight excluding hydrogens is 300 g/mol. The minimum Gasteiger partial charge on any atom is -0.396 e. The van der Waals surface area contributed by atoms with Gasteiger partial charge >= 0.3 is 0 Å². The summed E-state index contributed by atoms with van der Waals surface area (Å²) < 4.78 is 0. The zero-order chi connectivity index (χ0) is 17.4. The highest BCUT2D eigenvalue weighted by Crippen LogP contribution is 2.19. The molecule has 4 heteroatoms. The second kappa shape index (κ2) is 9.80. The number of aliphatic hydroxyl groups is 1. The number of piperidine rings is 1. The Bertz CT molecular complexity index is 499. The van der Waals surface area contributed by atoms with Crippen LogP contribution in [0.3, 0.4) is 0 Å². The molecule has 0 aliphatic carbocycles. The smallest absolute Gasteiger partial charge is 0.237 e. The highest BCUT2D eigenvalue weighted by Gasteiger charge is 2.25. The van der Waals surface area contributed by atoms with Crippen LogP contribution in [0.5, 0.6) is 0 Å². The summed E-state index contributed by atoms with van der Waals surface area (Å²) in [5.74, 6) is 0.210. The Morgan fingerprint density at radius 2 is 2.04 bits per heavy atom. The third-order valence-electron chi connectivity index (χ3n) is 4.89. The molecule has 1 aromatic rings.